The molecule has 124 valence electrons. The third-order valence-corrected chi connectivity index (χ3v) is 9.07. The van der Waals surface area contributed by atoms with Gasteiger partial charge in [-0.15, -0.1) is 0 Å². The maximum Gasteiger partial charge on any atom is 0.341 e. The van der Waals surface area contributed by atoms with Crippen molar-refractivity contribution in [2.24, 2.45) is 0 Å². The maximum absolute atomic E-state index is 5.67. The lowest BCUT2D eigenvalue weighted by atomic mass is 10.1. The van der Waals surface area contributed by atoms with Crippen molar-refractivity contribution in [3.63, 3.8) is 0 Å². The van der Waals surface area contributed by atoms with E-state index in [4.69, 9.17) is 18.3 Å². The molecule has 0 saturated carbocycles. The van der Waals surface area contributed by atoms with E-state index in [-0.39, 0.29) is 11.5 Å². The minimum absolute atomic E-state index is 0.0835. The molecule has 6 heteroatoms. The first-order chi connectivity index (χ1) is 10.5. The molecule has 4 nitrogen and oxygen atoms in total. The SMILES string of the molecule is COC(OC)[Si]CCc1cccc(C(C)[Si](C)(OC)OC)c1. The summed E-state index contributed by atoms with van der Waals surface area (Å²) in [4.78, 5) is 0. The Labute approximate surface area is 138 Å². The van der Waals surface area contributed by atoms with E-state index in [2.05, 4.69) is 37.7 Å². The van der Waals surface area contributed by atoms with Gasteiger partial charge in [0.2, 0.25) is 0 Å². The molecule has 0 aromatic heterocycles. The van der Waals surface area contributed by atoms with E-state index in [1.54, 1.807) is 28.4 Å². The third kappa shape index (κ3) is 5.29. The van der Waals surface area contributed by atoms with Crippen LogP contribution in [-0.4, -0.2) is 52.4 Å². The molecule has 0 saturated heterocycles. The Morgan fingerprint density at radius 1 is 1.09 bits per heavy atom. The van der Waals surface area contributed by atoms with Gasteiger partial charge < -0.3 is 18.3 Å². The zero-order valence-electron chi connectivity index (χ0n) is 14.5. The Morgan fingerprint density at radius 2 is 1.73 bits per heavy atom. The van der Waals surface area contributed by atoms with Crippen molar-refractivity contribution in [3.05, 3.63) is 35.4 Å². The number of rotatable bonds is 10. The van der Waals surface area contributed by atoms with E-state index in [0.717, 1.165) is 12.5 Å². The molecule has 1 unspecified atom stereocenters. The van der Waals surface area contributed by atoms with Crippen LogP contribution in [0.4, 0.5) is 0 Å². The predicted octanol–water partition coefficient (Wildman–Crippen LogP) is 2.94. The van der Waals surface area contributed by atoms with Crippen LogP contribution in [-0.2, 0) is 24.7 Å². The molecule has 0 aliphatic heterocycles. The summed E-state index contributed by atoms with van der Waals surface area (Å²) >= 11 is 0. The molecule has 0 aliphatic rings. The number of benzene rings is 1. The van der Waals surface area contributed by atoms with Crippen LogP contribution in [0, 0.1) is 0 Å². The fraction of sp³-hybridized carbons (Fsp3) is 0.625. The van der Waals surface area contributed by atoms with Crippen LogP contribution < -0.4 is 0 Å². The lowest BCUT2D eigenvalue weighted by Crippen LogP contribution is -2.42. The smallest absolute Gasteiger partial charge is 0.341 e. The standard InChI is InChI=1S/C16H28O4Si2/c1-13(22(6,19-4)20-5)15-9-7-8-14(12-15)10-11-21-16(17-2)18-3/h7-9,12-13,16H,10-11H2,1-6H3. The molecule has 0 N–H and O–H groups in total. The van der Waals surface area contributed by atoms with Crippen molar-refractivity contribution in [1.29, 1.82) is 0 Å². The minimum Gasteiger partial charge on any atom is -0.397 e. The average molecular weight is 341 g/mol. The van der Waals surface area contributed by atoms with Crippen molar-refractivity contribution in [2.45, 2.75) is 37.4 Å². The van der Waals surface area contributed by atoms with Crippen molar-refractivity contribution in [2.75, 3.05) is 28.4 Å². The van der Waals surface area contributed by atoms with E-state index in [1.807, 2.05) is 0 Å². The van der Waals surface area contributed by atoms with Crippen molar-refractivity contribution >= 4 is 18.1 Å². The highest BCUT2D eigenvalue weighted by atomic mass is 28.4. The van der Waals surface area contributed by atoms with Gasteiger partial charge in [0.15, 0.2) is 0 Å². The molecule has 2 radical (unpaired) electrons. The van der Waals surface area contributed by atoms with E-state index in [9.17, 15) is 0 Å². The van der Waals surface area contributed by atoms with Crippen LogP contribution in [0.2, 0.25) is 12.6 Å². The second-order valence-corrected chi connectivity index (χ2v) is 10.5. The van der Waals surface area contributed by atoms with Crippen molar-refractivity contribution in [3.8, 4) is 0 Å². The van der Waals surface area contributed by atoms with Crippen molar-refractivity contribution in [1.82, 2.24) is 0 Å². The molecule has 0 bridgehead atoms. The van der Waals surface area contributed by atoms with Crippen LogP contribution in [0.15, 0.2) is 24.3 Å². The summed E-state index contributed by atoms with van der Waals surface area (Å²) in [6.07, 6.45) is 1.03. The van der Waals surface area contributed by atoms with Gasteiger partial charge in [-0.1, -0.05) is 37.2 Å². The Bertz CT molecular complexity index is 434. The van der Waals surface area contributed by atoms with Crippen molar-refractivity contribution < 1.29 is 18.3 Å². The van der Waals surface area contributed by atoms with Crippen LogP contribution in [0.5, 0.6) is 0 Å². The Balaban J connectivity index is 2.70. The first kappa shape index (κ1) is 19.5. The lowest BCUT2D eigenvalue weighted by Gasteiger charge is -2.29. The van der Waals surface area contributed by atoms with Gasteiger partial charge in [0, 0.05) is 34.0 Å². The number of aryl methyl sites for hydroxylation is 1. The molecular formula is C16H28O4Si2. The topological polar surface area (TPSA) is 36.9 Å². The number of hydrogen-bond acceptors (Lipinski definition) is 4. The van der Waals surface area contributed by atoms with E-state index < -0.39 is 8.56 Å². The van der Waals surface area contributed by atoms with Gasteiger partial charge in [-0.2, -0.15) is 0 Å². The van der Waals surface area contributed by atoms with E-state index in [0.29, 0.717) is 9.52 Å². The largest absolute Gasteiger partial charge is 0.397 e. The van der Waals surface area contributed by atoms with E-state index >= 15 is 0 Å². The highest BCUT2D eigenvalue weighted by Crippen LogP contribution is 2.28. The second kappa shape index (κ2) is 9.59. The monoisotopic (exact) mass is 340 g/mol. The highest BCUT2D eigenvalue weighted by molar-refractivity contribution is 6.67. The normalized spacial score (nSPS) is 13.6. The summed E-state index contributed by atoms with van der Waals surface area (Å²) in [6, 6.07) is 9.79. The summed E-state index contributed by atoms with van der Waals surface area (Å²) in [5, 5.41) is 0. The fourth-order valence-electron chi connectivity index (χ4n) is 2.35. The summed E-state index contributed by atoms with van der Waals surface area (Å²) in [6.45, 7) is 4.29. The van der Waals surface area contributed by atoms with Gasteiger partial charge in [-0.05, 0) is 24.1 Å². The molecule has 1 atom stereocenters. The Kier molecular flexibility index (Phi) is 8.52. The first-order valence-corrected chi connectivity index (χ1v) is 11.2. The van der Waals surface area contributed by atoms with Gasteiger partial charge in [-0.3, -0.25) is 0 Å². The molecule has 1 aromatic carbocycles. The predicted molar refractivity (Wildman–Crippen MR) is 92.6 cm³/mol. The summed E-state index contributed by atoms with van der Waals surface area (Å²) in [5.41, 5.74) is 2.91. The van der Waals surface area contributed by atoms with Gasteiger partial charge in [0.05, 0.1) is 0 Å². The molecule has 1 aromatic rings. The molecule has 0 amide bonds. The van der Waals surface area contributed by atoms with Crippen LogP contribution in [0.25, 0.3) is 0 Å². The zero-order chi connectivity index (χ0) is 16.6. The van der Waals surface area contributed by atoms with Crippen LogP contribution >= 0.6 is 0 Å². The summed E-state index contributed by atoms with van der Waals surface area (Å²) < 4.78 is 21.8. The minimum atomic E-state index is -2.16. The Morgan fingerprint density at radius 3 is 2.27 bits per heavy atom. The second-order valence-electron chi connectivity index (χ2n) is 5.40. The Hall–Kier alpha value is -0.506. The highest BCUT2D eigenvalue weighted by Gasteiger charge is 2.37. The molecule has 0 spiro atoms. The van der Waals surface area contributed by atoms with Gasteiger partial charge in [0.1, 0.15) is 15.4 Å². The molecule has 1 rings (SSSR count). The molecule has 0 fully saturated rings. The average Bonchev–Trinajstić information content (AvgIpc) is 2.57. The number of methoxy groups -OCH3 is 2. The van der Waals surface area contributed by atoms with Crippen LogP contribution in [0.1, 0.15) is 23.6 Å². The molecule has 0 aliphatic carbocycles. The van der Waals surface area contributed by atoms with Gasteiger partial charge in [-0.25, -0.2) is 0 Å². The number of hydrogen-bond donors (Lipinski definition) is 0. The third-order valence-electron chi connectivity index (χ3n) is 4.20. The maximum atomic E-state index is 5.67. The van der Waals surface area contributed by atoms with E-state index in [1.165, 1.54) is 11.1 Å². The summed E-state index contributed by atoms with van der Waals surface area (Å²) in [7, 11) is 5.34. The molecule has 0 heterocycles. The lowest BCUT2D eigenvalue weighted by molar-refractivity contribution is -0.0440. The van der Waals surface area contributed by atoms with Gasteiger partial charge >= 0.3 is 8.56 Å². The molecular weight excluding hydrogens is 312 g/mol. The summed E-state index contributed by atoms with van der Waals surface area (Å²) in [5.74, 6) is -0.0835. The van der Waals surface area contributed by atoms with Gasteiger partial charge in [0.25, 0.3) is 0 Å². The fourth-order valence-corrected chi connectivity index (χ4v) is 5.02. The zero-order valence-corrected chi connectivity index (χ0v) is 16.5. The number of ether oxygens (including phenoxy) is 2. The molecule has 22 heavy (non-hydrogen) atoms. The van der Waals surface area contributed by atoms with Crippen LogP contribution in [0.3, 0.4) is 0 Å². The quantitative estimate of drug-likeness (QED) is 0.485. The first-order valence-electron chi connectivity index (χ1n) is 7.48.